The van der Waals surface area contributed by atoms with Crippen LogP contribution in [-0.4, -0.2) is 15.5 Å². The van der Waals surface area contributed by atoms with E-state index < -0.39 is 22.3 Å². The second-order valence-electron chi connectivity index (χ2n) is 1.04. The van der Waals surface area contributed by atoms with Gasteiger partial charge in [-0.2, -0.15) is 0 Å². The van der Waals surface area contributed by atoms with Crippen molar-refractivity contribution in [2.24, 2.45) is 0 Å². The van der Waals surface area contributed by atoms with E-state index in [1.54, 1.807) is 0 Å². The van der Waals surface area contributed by atoms with Crippen LogP contribution in [-0.2, 0) is 18.2 Å². The predicted molar refractivity (Wildman–Crippen MR) is 34.3 cm³/mol. The fraction of sp³-hybridized carbons (Fsp3) is 1.00. The van der Waals surface area contributed by atoms with Gasteiger partial charge in [-0.15, -0.1) is 0 Å². The molecular formula is CH5ClO6P2. The maximum atomic E-state index is 9.82. The van der Waals surface area contributed by atoms with E-state index in [2.05, 4.69) is 9.05 Å². The van der Waals surface area contributed by atoms with Crippen LogP contribution in [0.1, 0.15) is 0 Å². The van der Waals surface area contributed by atoms with E-state index in [1.165, 1.54) is 0 Å². The monoisotopic (exact) mass is 210 g/mol. The summed E-state index contributed by atoms with van der Waals surface area (Å²) in [5.41, 5.74) is 0. The Balaban J connectivity index is 3.53. The van der Waals surface area contributed by atoms with Crippen LogP contribution in [0.15, 0.2) is 0 Å². The summed E-state index contributed by atoms with van der Waals surface area (Å²) >= 11 is 4.96. The second kappa shape index (κ2) is 5.27. The van der Waals surface area contributed by atoms with Gasteiger partial charge in [-0.05, 0) is 0 Å². The van der Waals surface area contributed by atoms with Crippen LogP contribution in [0.5, 0.6) is 0 Å². The van der Waals surface area contributed by atoms with E-state index in [0.29, 0.717) is 0 Å². The van der Waals surface area contributed by atoms with Crippen LogP contribution in [0.4, 0.5) is 0 Å². The van der Waals surface area contributed by atoms with Gasteiger partial charge in [0.1, 0.15) is 0 Å². The van der Waals surface area contributed by atoms with Crippen molar-refractivity contribution in [1.29, 1.82) is 0 Å². The Bertz CT molecular complexity index is 131. The minimum Gasteiger partial charge on any atom is -0.326 e. The summed E-state index contributed by atoms with van der Waals surface area (Å²) < 4.78 is 27.4. The molecule has 0 aromatic carbocycles. The molecule has 0 aliphatic heterocycles. The zero-order valence-corrected chi connectivity index (χ0v) is 7.24. The number of alkyl halides is 1. The van der Waals surface area contributed by atoms with Gasteiger partial charge < -0.3 is 9.79 Å². The molecule has 10 heavy (non-hydrogen) atoms. The highest BCUT2D eigenvalue weighted by Gasteiger charge is 2.09. The lowest BCUT2D eigenvalue weighted by atomic mass is 11.5. The summed E-state index contributed by atoms with van der Waals surface area (Å²) in [5, 5.41) is 0. The van der Waals surface area contributed by atoms with Crippen molar-refractivity contribution in [3.05, 3.63) is 0 Å². The second-order valence-corrected chi connectivity index (χ2v) is 2.93. The molecule has 6 nitrogen and oxygen atoms in total. The zero-order chi connectivity index (χ0) is 8.15. The molecule has 0 aromatic rings. The lowest BCUT2D eigenvalue weighted by Crippen LogP contribution is -1.99. The third-order valence-electron chi connectivity index (χ3n) is 0.387. The Kier molecular flexibility index (Phi) is 5.58. The van der Waals surface area contributed by atoms with Gasteiger partial charge in [0.25, 0.3) is 5.75 Å². The van der Waals surface area contributed by atoms with E-state index in [9.17, 15) is 9.13 Å². The van der Waals surface area contributed by atoms with Gasteiger partial charge in [0.2, 0.25) is 0 Å². The van der Waals surface area contributed by atoms with Crippen LogP contribution in [0, 0.1) is 0 Å². The first kappa shape index (κ1) is 10.6. The van der Waals surface area contributed by atoms with Gasteiger partial charge in [0, 0.05) is 0 Å². The Morgan fingerprint density at radius 3 is 1.70 bits per heavy atom. The van der Waals surface area contributed by atoms with Crippen LogP contribution in [0.2, 0.25) is 0 Å². The molecule has 62 valence electrons. The number of hydrogen-bond donors (Lipinski definition) is 2. The molecule has 0 aliphatic rings. The first-order valence-corrected chi connectivity index (χ1v) is 4.92. The topological polar surface area (TPSA) is 93.1 Å². The maximum absolute atomic E-state index is 9.82. The molecule has 0 saturated carbocycles. The molecule has 0 heterocycles. The van der Waals surface area contributed by atoms with Gasteiger partial charge in [-0.25, -0.2) is 0 Å². The average Bonchev–Trinajstić information content (AvgIpc) is 1.58. The van der Waals surface area contributed by atoms with Crippen LogP contribution in [0.25, 0.3) is 0 Å². The van der Waals surface area contributed by atoms with Crippen LogP contribution >= 0.6 is 28.1 Å². The Hall–Kier alpha value is 0.590. The summed E-state index contributed by atoms with van der Waals surface area (Å²) in [6.07, 6.45) is 0. The number of halogens is 1. The molecule has 9 heteroatoms. The van der Waals surface area contributed by atoms with Crippen molar-refractivity contribution < 1.29 is 28.0 Å². The third-order valence-corrected chi connectivity index (χ3v) is 1.70. The van der Waals surface area contributed by atoms with Crippen molar-refractivity contribution in [3.63, 3.8) is 0 Å². The van der Waals surface area contributed by atoms with E-state index in [0.717, 1.165) is 0 Å². The first-order valence-electron chi connectivity index (χ1n) is 1.95. The van der Waals surface area contributed by atoms with E-state index >= 15 is 0 Å². The standard InChI is InChI=1S/CH5ClO6P2/c2-1(7-9(3)4)8-10(5)6/h1,9-10H,(H,3,4)(H,5,6). The fourth-order valence-corrected chi connectivity index (χ4v) is 1.15. The molecule has 2 atom stereocenters. The molecule has 0 spiro atoms. The molecule has 2 N–H and O–H groups in total. The van der Waals surface area contributed by atoms with Crippen molar-refractivity contribution in [2.45, 2.75) is 5.75 Å². The molecular weight excluding hydrogens is 205 g/mol. The molecule has 0 fully saturated rings. The molecule has 0 aliphatic carbocycles. The Morgan fingerprint density at radius 1 is 1.20 bits per heavy atom. The van der Waals surface area contributed by atoms with Gasteiger partial charge in [-0.1, -0.05) is 11.6 Å². The molecule has 0 rings (SSSR count). The molecule has 2 unspecified atom stereocenters. The molecule has 0 aromatic heterocycles. The largest absolute Gasteiger partial charge is 0.326 e. The highest BCUT2D eigenvalue weighted by atomic mass is 35.5. The SMILES string of the molecule is O=[PH](O)OC(Cl)O[PH](=O)O. The average molecular weight is 210 g/mol. The summed E-state index contributed by atoms with van der Waals surface area (Å²) in [6, 6.07) is 0. The zero-order valence-electron chi connectivity index (χ0n) is 4.48. The highest BCUT2D eigenvalue weighted by Crippen LogP contribution is 2.27. The van der Waals surface area contributed by atoms with E-state index in [-0.39, 0.29) is 0 Å². The smallest absolute Gasteiger partial charge is 0.319 e. The van der Waals surface area contributed by atoms with Crippen molar-refractivity contribution in [1.82, 2.24) is 0 Å². The van der Waals surface area contributed by atoms with E-state index in [4.69, 9.17) is 21.4 Å². The van der Waals surface area contributed by atoms with Gasteiger partial charge in [-0.3, -0.25) is 18.2 Å². The molecule has 0 amide bonds. The molecule has 0 radical (unpaired) electrons. The van der Waals surface area contributed by atoms with Crippen LogP contribution < -0.4 is 0 Å². The van der Waals surface area contributed by atoms with Crippen molar-refractivity contribution >= 4 is 28.1 Å². The van der Waals surface area contributed by atoms with Crippen molar-refractivity contribution in [2.75, 3.05) is 0 Å². The summed E-state index contributed by atoms with van der Waals surface area (Å²) in [6.45, 7) is 0. The minimum atomic E-state index is -3.22. The van der Waals surface area contributed by atoms with Gasteiger partial charge in [0.05, 0.1) is 0 Å². The molecule has 0 saturated heterocycles. The summed E-state index contributed by atoms with van der Waals surface area (Å²) in [7, 11) is -6.44. The normalized spacial score (nSPS) is 19.9. The lowest BCUT2D eigenvalue weighted by Gasteiger charge is -2.04. The lowest BCUT2D eigenvalue weighted by molar-refractivity contribution is 0.0711. The summed E-state index contributed by atoms with van der Waals surface area (Å²) in [5.74, 6) is -1.65. The third kappa shape index (κ3) is 6.71. The van der Waals surface area contributed by atoms with Crippen LogP contribution in [0.3, 0.4) is 0 Å². The van der Waals surface area contributed by atoms with E-state index in [1.807, 2.05) is 0 Å². The van der Waals surface area contributed by atoms with Crippen molar-refractivity contribution in [3.8, 4) is 0 Å². The minimum absolute atomic E-state index is 1.65. The number of hydrogen-bond acceptors (Lipinski definition) is 4. The molecule has 0 bridgehead atoms. The number of rotatable bonds is 4. The fourth-order valence-electron chi connectivity index (χ4n) is 0.183. The Morgan fingerprint density at radius 2 is 1.50 bits per heavy atom. The predicted octanol–water partition coefficient (Wildman–Crippen LogP) is 0.306. The van der Waals surface area contributed by atoms with Gasteiger partial charge in [0.15, 0.2) is 0 Å². The van der Waals surface area contributed by atoms with Gasteiger partial charge >= 0.3 is 16.5 Å². The first-order chi connectivity index (χ1) is 4.52. The maximum Gasteiger partial charge on any atom is 0.319 e. The summed E-state index contributed by atoms with van der Waals surface area (Å²) in [4.78, 5) is 16.0. The Labute approximate surface area is 62.6 Å². The quantitative estimate of drug-likeness (QED) is 0.394. The highest BCUT2D eigenvalue weighted by molar-refractivity contribution is 7.33.